The summed E-state index contributed by atoms with van der Waals surface area (Å²) >= 11 is 5.98. The van der Waals surface area contributed by atoms with E-state index in [1.165, 1.54) is 12.1 Å². The lowest BCUT2D eigenvalue weighted by Gasteiger charge is -2.36. The van der Waals surface area contributed by atoms with Gasteiger partial charge in [-0.25, -0.2) is 8.42 Å². The predicted octanol–water partition coefficient (Wildman–Crippen LogP) is 5.46. The van der Waals surface area contributed by atoms with Crippen LogP contribution in [0.25, 0.3) is 11.5 Å². The maximum Gasteiger partial charge on any atom is 0.236 e. The molecule has 2 heterocycles. The van der Waals surface area contributed by atoms with E-state index in [2.05, 4.69) is 22.0 Å². The Balaban J connectivity index is 1.52. The van der Waals surface area contributed by atoms with Gasteiger partial charge in [0.1, 0.15) is 0 Å². The Kier molecular flexibility index (Phi) is 6.06. The van der Waals surface area contributed by atoms with Crippen molar-refractivity contribution in [2.75, 3.05) is 36.0 Å². The Labute approximate surface area is 204 Å². The molecule has 1 aliphatic rings. The van der Waals surface area contributed by atoms with Gasteiger partial charge in [0.05, 0.1) is 4.90 Å². The van der Waals surface area contributed by atoms with Gasteiger partial charge in [-0.2, -0.15) is 4.98 Å². The van der Waals surface area contributed by atoms with Gasteiger partial charge >= 0.3 is 0 Å². The molecule has 4 aromatic rings. The highest BCUT2D eigenvalue weighted by Gasteiger charge is 2.33. The molecule has 0 unspecified atom stereocenters. The third-order valence-electron chi connectivity index (χ3n) is 5.91. The molecule has 1 saturated heterocycles. The number of hydrogen-bond acceptors (Lipinski definition) is 6. The van der Waals surface area contributed by atoms with Crippen LogP contribution in [0.3, 0.4) is 0 Å². The first-order valence-electron chi connectivity index (χ1n) is 11.1. The second-order valence-corrected chi connectivity index (χ2v) is 10.6. The maximum absolute atomic E-state index is 13.6. The molecule has 6 nitrogen and oxygen atoms in total. The molecule has 3 aromatic carbocycles. The van der Waals surface area contributed by atoms with Crippen LogP contribution in [0.15, 0.2) is 93.2 Å². The minimum Gasteiger partial charge on any atom is -0.419 e. The molecule has 0 N–H and O–H groups in total. The molecule has 0 saturated carbocycles. The van der Waals surface area contributed by atoms with Crippen LogP contribution in [0.4, 0.5) is 11.6 Å². The lowest BCUT2D eigenvalue weighted by atomic mass is 10.1. The summed E-state index contributed by atoms with van der Waals surface area (Å²) in [6.07, 6.45) is 0. The first-order chi connectivity index (χ1) is 16.4. The van der Waals surface area contributed by atoms with Crippen molar-refractivity contribution >= 4 is 33.0 Å². The third-order valence-corrected chi connectivity index (χ3v) is 7.83. The molecule has 1 fully saturated rings. The van der Waals surface area contributed by atoms with Crippen molar-refractivity contribution in [1.29, 1.82) is 0 Å². The molecular weight excluding hydrogens is 470 g/mol. The number of sulfone groups is 1. The van der Waals surface area contributed by atoms with E-state index in [0.29, 0.717) is 18.1 Å². The van der Waals surface area contributed by atoms with Crippen LogP contribution < -0.4 is 9.80 Å². The normalized spacial score (nSPS) is 14.4. The summed E-state index contributed by atoms with van der Waals surface area (Å²) in [5.41, 5.74) is 2.92. The van der Waals surface area contributed by atoms with Gasteiger partial charge in [0.2, 0.25) is 26.6 Å². The van der Waals surface area contributed by atoms with Crippen LogP contribution in [0.2, 0.25) is 5.02 Å². The molecule has 174 valence electrons. The zero-order chi connectivity index (χ0) is 23.7. The number of nitrogens with zero attached hydrogens (tertiary/aromatic N) is 3. The zero-order valence-electron chi connectivity index (χ0n) is 18.7. The molecule has 0 amide bonds. The summed E-state index contributed by atoms with van der Waals surface area (Å²) in [6.45, 7) is 4.68. The van der Waals surface area contributed by atoms with Crippen LogP contribution in [-0.2, 0) is 9.84 Å². The number of rotatable bonds is 5. The second-order valence-electron chi connectivity index (χ2n) is 8.27. The van der Waals surface area contributed by atoms with Gasteiger partial charge in [-0.3, -0.25) is 0 Å². The van der Waals surface area contributed by atoms with Crippen molar-refractivity contribution in [3.8, 4) is 11.5 Å². The Morgan fingerprint density at radius 2 is 1.53 bits per heavy atom. The van der Waals surface area contributed by atoms with Crippen molar-refractivity contribution in [1.82, 2.24) is 4.98 Å². The number of anilines is 2. The van der Waals surface area contributed by atoms with Gasteiger partial charge in [-0.15, -0.1) is 0 Å². The molecule has 34 heavy (non-hydrogen) atoms. The number of halogens is 1. The van der Waals surface area contributed by atoms with E-state index in [1.54, 1.807) is 12.1 Å². The summed E-state index contributed by atoms with van der Waals surface area (Å²) in [4.78, 5) is 8.88. The van der Waals surface area contributed by atoms with Crippen LogP contribution >= 0.6 is 11.6 Å². The fourth-order valence-corrected chi connectivity index (χ4v) is 5.55. The van der Waals surface area contributed by atoms with Gasteiger partial charge in [-0.1, -0.05) is 47.5 Å². The van der Waals surface area contributed by atoms with Gasteiger partial charge in [0, 0.05) is 42.5 Å². The Bertz CT molecular complexity index is 1390. The van der Waals surface area contributed by atoms with Gasteiger partial charge < -0.3 is 14.2 Å². The van der Waals surface area contributed by atoms with Crippen molar-refractivity contribution in [2.45, 2.75) is 16.8 Å². The Morgan fingerprint density at radius 1 is 0.853 bits per heavy atom. The number of benzene rings is 3. The van der Waals surface area contributed by atoms with Gasteiger partial charge in [0.15, 0.2) is 0 Å². The molecule has 1 aromatic heterocycles. The maximum atomic E-state index is 13.6. The number of hydrogen-bond donors (Lipinski definition) is 0. The average molecular weight is 494 g/mol. The molecule has 0 atom stereocenters. The smallest absolute Gasteiger partial charge is 0.236 e. The molecule has 8 heteroatoms. The Morgan fingerprint density at radius 3 is 2.21 bits per heavy atom. The molecule has 1 aliphatic heterocycles. The highest BCUT2D eigenvalue weighted by atomic mass is 35.5. The quantitative estimate of drug-likeness (QED) is 0.367. The summed E-state index contributed by atoms with van der Waals surface area (Å²) < 4.78 is 33.4. The van der Waals surface area contributed by atoms with Crippen molar-refractivity contribution in [2.24, 2.45) is 0 Å². The van der Waals surface area contributed by atoms with E-state index in [1.807, 2.05) is 54.3 Å². The van der Waals surface area contributed by atoms with Crippen molar-refractivity contribution in [3.05, 3.63) is 89.4 Å². The van der Waals surface area contributed by atoms with Crippen LogP contribution in [-0.4, -0.2) is 39.6 Å². The lowest BCUT2D eigenvalue weighted by molar-refractivity contribution is 0.525. The van der Waals surface area contributed by atoms with E-state index in [0.717, 1.165) is 29.9 Å². The summed E-state index contributed by atoms with van der Waals surface area (Å²) in [5.74, 6) is 0.566. The fraction of sp³-hybridized carbons (Fsp3) is 0.192. The van der Waals surface area contributed by atoms with Crippen LogP contribution in [0.1, 0.15) is 5.56 Å². The van der Waals surface area contributed by atoms with E-state index in [4.69, 9.17) is 16.0 Å². The van der Waals surface area contributed by atoms with E-state index in [9.17, 15) is 8.42 Å². The molecule has 0 spiro atoms. The number of oxazole rings is 1. The monoisotopic (exact) mass is 493 g/mol. The first kappa shape index (κ1) is 22.5. The lowest BCUT2D eigenvalue weighted by Crippen LogP contribution is -2.46. The first-order valence-corrected chi connectivity index (χ1v) is 12.9. The van der Waals surface area contributed by atoms with Crippen LogP contribution in [0, 0.1) is 6.92 Å². The van der Waals surface area contributed by atoms with E-state index in [-0.39, 0.29) is 21.7 Å². The number of aromatic nitrogens is 1. The molecular formula is C26H24ClN3O3S. The molecule has 0 aliphatic carbocycles. The van der Waals surface area contributed by atoms with Crippen molar-refractivity contribution < 1.29 is 12.8 Å². The summed E-state index contributed by atoms with van der Waals surface area (Å²) in [7, 11) is -3.92. The molecule has 5 rings (SSSR count). The molecule has 0 radical (unpaired) electrons. The predicted molar refractivity (Wildman–Crippen MR) is 134 cm³/mol. The summed E-state index contributed by atoms with van der Waals surface area (Å²) in [6, 6.07) is 24.0. The van der Waals surface area contributed by atoms with Crippen molar-refractivity contribution in [3.63, 3.8) is 0 Å². The largest absolute Gasteiger partial charge is 0.419 e. The molecule has 0 bridgehead atoms. The van der Waals surface area contributed by atoms with Gasteiger partial charge in [-0.05, 0) is 55.5 Å². The third kappa shape index (κ3) is 4.41. The van der Waals surface area contributed by atoms with E-state index >= 15 is 0 Å². The highest BCUT2D eigenvalue weighted by Crippen LogP contribution is 2.36. The fourth-order valence-electron chi connectivity index (χ4n) is 4.11. The zero-order valence-corrected chi connectivity index (χ0v) is 20.3. The summed E-state index contributed by atoms with van der Waals surface area (Å²) in [5, 5.41) is 0.399. The van der Waals surface area contributed by atoms with E-state index < -0.39 is 9.84 Å². The van der Waals surface area contributed by atoms with Crippen LogP contribution in [0.5, 0.6) is 0 Å². The average Bonchev–Trinajstić information content (AvgIpc) is 3.32. The minimum atomic E-state index is -3.92. The minimum absolute atomic E-state index is 0.0699. The van der Waals surface area contributed by atoms with Gasteiger partial charge in [0.25, 0.3) is 0 Å². The number of piperazine rings is 1. The topological polar surface area (TPSA) is 66.7 Å². The number of aryl methyl sites for hydroxylation is 1. The highest BCUT2D eigenvalue weighted by molar-refractivity contribution is 7.91. The SMILES string of the molecule is Cc1cccc(-c2nc(S(=O)(=O)c3ccc(Cl)cc3)c(N3CCN(c4ccccc4)CC3)o2)c1. The standard InChI is InChI=1S/C26H24ClN3O3S/c1-19-6-5-7-20(18-19)24-28-25(34(31,32)23-12-10-21(27)11-13-23)26(33-24)30-16-14-29(15-17-30)22-8-3-2-4-9-22/h2-13,18H,14-17H2,1H3. The number of para-hydroxylation sites is 1. The second kappa shape index (κ2) is 9.16. The Hall–Kier alpha value is -3.29.